The molecule has 34 heavy (non-hydrogen) atoms. The number of carbonyl (C=O) groups excluding carboxylic acids is 1. The molecule has 1 heterocycles. The second-order valence-corrected chi connectivity index (χ2v) is 8.02. The third-order valence-corrected chi connectivity index (χ3v) is 5.99. The number of halogens is 1. The predicted molar refractivity (Wildman–Crippen MR) is 128 cm³/mol. The molecule has 1 amide bonds. The maximum absolute atomic E-state index is 12.6. The molecule has 2 unspecified atom stereocenters. The zero-order valence-corrected chi connectivity index (χ0v) is 20.3. The van der Waals surface area contributed by atoms with Gasteiger partial charge < -0.3 is 34.5 Å². The Balaban J connectivity index is 1.67. The summed E-state index contributed by atoms with van der Waals surface area (Å²) in [7, 11) is 6.09. The number of hydrogen-bond acceptors (Lipinski definition) is 8. The molecular formula is C24H29ClN2O7. The fraction of sp³-hybridized carbons (Fsp3) is 0.417. The summed E-state index contributed by atoms with van der Waals surface area (Å²) in [6.45, 7) is 0.604. The lowest BCUT2D eigenvalue weighted by atomic mass is 9.92. The number of aliphatic hydroxyl groups is 2. The number of amides is 1. The number of nitrogens with zero attached hydrogens (tertiary/aromatic N) is 1. The molecule has 3 N–H and O–H groups in total. The van der Waals surface area contributed by atoms with Crippen LogP contribution in [-0.4, -0.2) is 75.6 Å². The fourth-order valence-corrected chi connectivity index (χ4v) is 4.06. The van der Waals surface area contributed by atoms with Crippen LogP contribution in [0, 0.1) is 0 Å². The van der Waals surface area contributed by atoms with Crippen LogP contribution < -0.4 is 24.3 Å². The maximum Gasteiger partial charge on any atom is 0.251 e. The Morgan fingerprint density at radius 2 is 1.59 bits per heavy atom. The first-order valence-corrected chi connectivity index (χ1v) is 11.1. The largest absolute Gasteiger partial charge is 0.493 e. The van der Waals surface area contributed by atoms with Crippen LogP contribution in [0.4, 0.5) is 0 Å². The summed E-state index contributed by atoms with van der Waals surface area (Å²) in [5.41, 5.74) is 2.46. The van der Waals surface area contributed by atoms with Crippen molar-refractivity contribution in [1.82, 2.24) is 5.32 Å². The monoisotopic (exact) mass is 492 g/mol. The van der Waals surface area contributed by atoms with Gasteiger partial charge in [0, 0.05) is 29.7 Å². The standard InChI is InChI=1S/C24H29ClN2O7/c1-31-17-9-13-5-7-26-21(15(13)11-19(17)33-3)22(28)23(29)24(30)27-8-6-14-10-18(32-2)20(34-4)12-16(14)25/h9-12,22-23,28-29H,5-8H2,1-4H3,(H,27,30). The summed E-state index contributed by atoms with van der Waals surface area (Å²) < 4.78 is 21.2. The summed E-state index contributed by atoms with van der Waals surface area (Å²) in [6.07, 6.45) is -2.20. The van der Waals surface area contributed by atoms with E-state index in [1.54, 1.807) is 25.3 Å². The highest BCUT2D eigenvalue weighted by atomic mass is 35.5. The SMILES string of the molecule is COc1cc(Cl)c(CCNC(=O)C(O)C(O)C2=NCCc3cc(OC)c(OC)cc32)cc1OC. The van der Waals surface area contributed by atoms with E-state index >= 15 is 0 Å². The van der Waals surface area contributed by atoms with Gasteiger partial charge in [-0.2, -0.15) is 0 Å². The first kappa shape index (κ1) is 25.6. The molecule has 2 aromatic rings. The highest BCUT2D eigenvalue weighted by molar-refractivity contribution is 6.31. The number of ether oxygens (including phenoxy) is 4. The van der Waals surface area contributed by atoms with E-state index < -0.39 is 18.1 Å². The minimum atomic E-state index is -1.71. The van der Waals surface area contributed by atoms with Gasteiger partial charge in [0.1, 0.15) is 6.10 Å². The van der Waals surface area contributed by atoms with Gasteiger partial charge >= 0.3 is 0 Å². The number of hydrogen-bond donors (Lipinski definition) is 3. The van der Waals surface area contributed by atoms with Crippen molar-refractivity contribution < 1.29 is 34.0 Å². The number of carbonyl (C=O) groups is 1. The first-order chi connectivity index (χ1) is 16.3. The molecule has 1 aliphatic heterocycles. The molecule has 0 aromatic heterocycles. The Bertz CT molecular complexity index is 1070. The van der Waals surface area contributed by atoms with Crippen molar-refractivity contribution in [2.24, 2.45) is 4.99 Å². The fourth-order valence-electron chi connectivity index (χ4n) is 3.81. The third-order valence-electron chi connectivity index (χ3n) is 5.64. The van der Waals surface area contributed by atoms with E-state index in [2.05, 4.69) is 10.3 Å². The Labute approximate surface area is 203 Å². The van der Waals surface area contributed by atoms with Crippen molar-refractivity contribution >= 4 is 23.2 Å². The van der Waals surface area contributed by atoms with Gasteiger partial charge in [-0.3, -0.25) is 9.79 Å². The normalized spacial score (nSPS) is 14.4. The molecule has 0 aliphatic carbocycles. The number of fused-ring (bicyclic) bond motifs is 1. The van der Waals surface area contributed by atoms with E-state index in [4.69, 9.17) is 30.5 Å². The van der Waals surface area contributed by atoms with Crippen molar-refractivity contribution in [1.29, 1.82) is 0 Å². The molecule has 0 fully saturated rings. The summed E-state index contributed by atoms with van der Waals surface area (Å²) >= 11 is 6.29. The van der Waals surface area contributed by atoms with Crippen molar-refractivity contribution in [3.05, 3.63) is 46.0 Å². The first-order valence-electron chi connectivity index (χ1n) is 10.7. The predicted octanol–water partition coefficient (Wildman–Crippen LogP) is 1.80. The molecule has 0 spiro atoms. The van der Waals surface area contributed by atoms with E-state index in [1.807, 2.05) is 6.07 Å². The van der Waals surface area contributed by atoms with Crippen LogP contribution in [0.2, 0.25) is 5.02 Å². The van der Waals surface area contributed by atoms with Gasteiger partial charge in [-0.15, -0.1) is 0 Å². The van der Waals surface area contributed by atoms with Gasteiger partial charge in [0.25, 0.3) is 5.91 Å². The minimum Gasteiger partial charge on any atom is -0.493 e. The number of methoxy groups -OCH3 is 4. The number of aliphatic imine (C=N–C) groups is 1. The van der Waals surface area contributed by atoms with E-state index in [0.717, 1.165) is 11.1 Å². The average Bonchev–Trinajstić information content (AvgIpc) is 2.86. The van der Waals surface area contributed by atoms with Gasteiger partial charge in [-0.25, -0.2) is 0 Å². The lowest BCUT2D eigenvalue weighted by molar-refractivity contribution is -0.132. The molecule has 0 bridgehead atoms. The molecule has 1 aliphatic rings. The number of benzene rings is 2. The van der Waals surface area contributed by atoms with Gasteiger partial charge in [0.2, 0.25) is 0 Å². The van der Waals surface area contributed by atoms with E-state index in [0.29, 0.717) is 53.0 Å². The van der Waals surface area contributed by atoms with Crippen LogP contribution in [0.3, 0.4) is 0 Å². The van der Waals surface area contributed by atoms with Gasteiger partial charge in [-0.1, -0.05) is 11.6 Å². The van der Waals surface area contributed by atoms with Crippen molar-refractivity contribution in [2.45, 2.75) is 25.0 Å². The van der Waals surface area contributed by atoms with Gasteiger partial charge in [-0.05, 0) is 42.2 Å². The molecule has 0 saturated carbocycles. The summed E-state index contributed by atoms with van der Waals surface area (Å²) in [6, 6.07) is 6.87. The smallest absolute Gasteiger partial charge is 0.251 e. The van der Waals surface area contributed by atoms with E-state index in [-0.39, 0.29) is 12.3 Å². The highest BCUT2D eigenvalue weighted by Gasteiger charge is 2.32. The van der Waals surface area contributed by atoms with Gasteiger partial charge in [0.15, 0.2) is 29.1 Å². The molecule has 0 saturated heterocycles. The average molecular weight is 493 g/mol. The molecule has 2 aromatic carbocycles. The summed E-state index contributed by atoms with van der Waals surface area (Å²) in [5.74, 6) is 1.32. The van der Waals surface area contributed by atoms with E-state index in [1.165, 1.54) is 21.3 Å². The zero-order valence-electron chi connectivity index (χ0n) is 19.6. The van der Waals surface area contributed by atoms with Crippen LogP contribution >= 0.6 is 11.6 Å². The zero-order chi connectivity index (χ0) is 24.8. The van der Waals surface area contributed by atoms with Crippen molar-refractivity contribution in [3.8, 4) is 23.0 Å². The number of nitrogens with one attached hydrogen (secondary N) is 1. The van der Waals surface area contributed by atoms with Crippen molar-refractivity contribution in [3.63, 3.8) is 0 Å². The second kappa shape index (κ2) is 11.4. The minimum absolute atomic E-state index is 0.186. The maximum atomic E-state index is 12.6. The molecule has 184 valence electrons. The van der Waals surface area contributed by atoms with Crippen LogP contribution in [0.25, 0.3) is 0 Å². The van der Waals surface area contributed by atoms with Crippen LogP contribution in [-0.2, 0) is 17.6 Å². The molecule has 0 radical (unpaired) electrons. The lowest BCUT2D eigenvalue weighted by Crippen LogP contribution is -2.47. The van der Waals surface area contributed by atoms with Crippen LogP contribution in [0.15, 0.2) is 29.3 Å². The quantitative estimate of drug-likeness (QED) is 0.462. The number of aliphatic hydroxyl groups excluding tert-OH is 2. The Kier molecular flexibility index (Phi) is 8.60. The summed E-state index contributed by atoms with van der Waals surface area (Å²) in [5, 5.41) is 24.4. The molecular weight excluding hydrogens is 464 g/mol. The van der Waals surface area contributed by atoms with Crippen LogP contribution in [0.1, 0.15) is 16.7 Å². The lowest BCUT2D eigenvalue weighted by Gasteiger charge is -2.25. The van der Waals surface area contributed by atoms with Crippen LogP contribution in [0.5, 0.6) is 23.0 Å². The molecule has 2 atom stereocenters. The van der Waals surface area contributed by atoms with E-state index in [9.17, 15) is 15.0 Å². The second-order valence-electron chi connectivity index (χ2n) is 7.61. The molecule has 9 nitrogen and oxygen atoms in total. The highest BCUT2D eigenvalue weighted by Crippen LogP contribution is 2.34. The third kappa shape index (κ3) is 5.38. The molecule has 3 rings (SSSR count). The van der Waals surface area contributed by atoms with Crippen molar-refractivity contribution in [2.75, 3.05) is 41.5 Å². The number of rotatable bonds is 10. The Hall–Kier alpha value is -3.01. The topological polar surface area (TPSA) is 119 Å². The Morgan fingerprint density at radius 3 is 2.24 bits per heavy atom. The Morgan fingerprint density at radius 1 is 1.00 bits per heavy atom. The summed E-state index contributed by atoms with van der Waals surface area (Å²) in [4.78, 5) is 16.9. The van der Waals surface area contributed by atoms with Gasteiger partial charge in [0.05, 0.1) is 34.2 Å². The molecule has 10 heteroatoms.